The van der Waals surface area contributed by atoms with Gasteiger partial charge in [-0.2, -0.15) is 0 Å². The second kappa shape index (κ2) is 11.6. The summed E-state index contributed by atoms with van der Waals surface area (Å²) in [5.41, 5.74) is 2.87. The first kappa shape index (κ1) is 28.3. The molecule has 39 heavy (non-hydrogen) atoms. The monoisotopic (exact) mass is 549 g/mol. The van der Waals surface area contributed by atoms with Crippen LogP contribution in [0.4, 0.5) is 17.2 Å². The van der Waals surface area contributed by atoms with Gasteiger partial charge in [0.05, 0.1) is 18.5 Å². The van der Waals surface area contributed by atoms with E-state index in [-0.39, 0.29) is 34.7 Å². The molecule has 0 saturated heterocycles. The molecule has 2 amide bonds. The quantitative estimate of drug-likeness (QED) is 0.289. The summed E-state index contributed by atoms with van der Waals surface area (Å²) in [6, 6.07) is 15.1. The maximum Gasteiger partial charge on any atom is 0.273 e. The van der Waals surface area contributed by atoms with E-state index in [1.807, 2.05) is 70.2 Å². The van der Waals surface area contributed by atoms with Crippen molar-refractivity contribution < 1.29 is 18.9 Å². The summed E-state index contributed by atoms with van der Waals surface area (Å²) < 4.78 is 19.6. The Labute approximate surface area is 229 Å². The van der Waals surface area contributed by atoms with Crippen LogP contribution in [0, 0.1) is 5.92 Å². The Morgan fingerprint density at radius 3 is 2.21 bits per heavy atom. The average Bonchev–Trinajstić information content (AvgIpc) is 3.78. The zero-order chi connectivity index (χ0) is 28.3. The topological polar surface area (TPSA) is 122 Å². The van der Waals surface area contributed by atoms with Gasteiger partial charge in [0, 0.05) is 41.2 Å². The Kier molecular flexibility index (Phi) is 8.40. The van der Waals surface area contributed by atoms with E-state index in [1.165, 1.54) is 7.05 Å². The highest BCUT2D eigenvalue weighted by molar-refractivity contribution is 7.72. The highest BCUT2D eigenvalue weighted by Crippen LogP contribution is 2.54. The third-order valence-electron chi connectivity index (χ3n) is 7.04. The molecule has 1 heterocycles. The molecule has 0 unspecified atom stereocenters. The van der Waals surface area contributed by atoms with E-state index in [9.17, 15) is 14.2 Å². The number of carbonyl (C=O) groups excluding carboxylic acids is 2. The zero-order valence-corrected chi connectivity index (χ0v) is 24.1. The van der Waals surface area contributed by atoms with Crippen LogP contribution < -0.4 is 26.0 Å². The summed E-state index contributed by atoms with van der Waals surface area (Å²) in [4.78, 5) is 24.8. The summed E-state index contributed by atoms with van der Waals surface area (Å²) in [5.74, 6) is 0.290. The van der Waals surface area contributed by atoms with Crippen molar-refractivity contribution in [2.75, 3.05) is 24.8 Å². The Morgan fingerprint density at radius 1 is 0.974 bits per heavy atom. The number of carbonyl (C=O) groups is 2. The summed E-state index contributed by atoms with van der Waals surface area (Å²) in [7, 11) is 0.531. The van der Waals surface area contributed by atoms with Crippen LogP contribution in [0.2, 0.25) is 0 Å². The minimum atomic E-state index is -2.56. The van der Waals surface area contributed by atoms with E-state index in [0.29, 0.717) is 17.1 Å². The number of hydrogen-bond acceptors (Lipinski definition) is 7. The number of anilines is 3. The summed E-state index contributed by atoms with van der Waals surface area (Å²) in [6.45, 7) is 8.04. The molecule has 1 fully saturated rings. The number of para-hydroxylation sites is 1. The standard InChI is InChI=1S/C29H36N5O4P/c1-17(2)39(37,18(3)4)21-14-12-19(13-15-21)22-8-7-9-23(27(22)38-6)31-24-16-25(32-28(35)20-10-11-20)33-34-26(24)29(36)30-5/h7-9,12-18,20H,10-11H2,1-6H3,(H,30,36)(H2,31,32,33,35). The SMILES string of the molecule is CNC(=O)c1nnc(NC(=O)C2CC2)cc1Nc1cccc(-c2ccc(P(=O)(C(C)C)C(C)C)cc2)c1OC. The molecule has 0 aliphatic heterocycles. The van der Waals surface area contributed by atoms with Crippen molar-refractivity contribution in [3.05, 3.63) is 54.2 Å². The van der Waals surface area contributed by atoms with E-state index in [4.69, 9.17) is 4.74 Å². The Bertz CT molecular complexity index is 1410. The average molecular weight is 550 g/mol. The fourth-order valence-electron chi connectivity index (χ4n) is 4.70. The lowest BCUT2D eigenvalue weighted by molar-refractivity contribution is -0.117. The number of nitrogens with one attached hydrogen (secondary N) is 3. The first-order chi connectivity index (χ1) is 18.6. The molecule has 1 saturated carbocycles. The number of hydrogen-bond donors (Lipinski definition) is 3. The maximum atomic E-state index is 13.8. The van der Waals surface area contributed by atoms with Gasteiger partial charge in [0.1, 0.15) is 12.9 Å². The number of benzene rings is 2. The zero-order valence-electron chi connectivity index (χ0n) is 23.2. The molecule has 0 atom stereocenters. The lowest BCUT2D eigenvalue weighted by Crippen LogP contribution is -2.22. The van der Waals surface area contributed by atoms with Crippen LogP contribution in [-0.2, 0) is 9.36 Å². The molecule has 1 aliphatic carbocycles. The molecule has 1 aromatic heterocycles. The van der Waals surface area contributed by atoms with E-state index >= 15 is 0 Å². The smallest absolute Gasteiger partial charge is 0.273 e. The fourth-order valence-corrected chi connectivity index (χ4v) is 7.70. The Morgan fingerprint density at radius 2 is 1.64 bits per heavy atom. The van der Waals surface area contributed by atoms with Gasteiger partial charge in [-0.15, -0.1) is 10.2 Å². The number of methoxy groups -OCH3 is 1. The number of ether oxygens (including phenoxy) is 1. The maximum absolute atomic E-state index is 13.8. The minimum absolute atomic E-state index is 0.0000254. The predicted octanol–water partition coefficient (Wildman–Crippen LogP) is 5.41. The van der Waals surface area contributed by atoms with Crippen molar-refractivity contribution in [2.24, 2.45) is 5.92 Å². The first-order valence-electron chi connectivity index (χ1n) is 13.1. The summed E-state index contributed by atoms with van der Waals surface area (Å²) in [6.07, 6.45) is 1.72. The Hall–Kier alpha value is -3.71. The number of nitrogens with zero attached hydrogens (tertiary/aromatic N) is 2. The molecule has 2 aromatic carbocycles. The van der Waals surface area contributed by atoms with Gasteiger partial charge < -0.3 is 25.3 Å². The highest BCUT2D eigenvalue weighted by atomic mass is 31.2. The van der Waals surface area contributed by atoms with Gasteiger partial charge >= 0.3 is 0 Å². The van der Waals surface area contributed by atoms with Crippen molar-refractivity contribution in [2.45, 2.75) is 51.9 Å². The molecule has 9 nitrogen and oxygen atoms in total. The first-order valence-corrected chi connectivity index (χ1v) is 15.0. The largest absolute Gasteiger partial charge is 0.494 e. The van der Waals surface area contributed by atoms with Crippen LogP contribution in [0.25, 0.3) is 11.1 Å². The molecule has 3 aromatic rings. The van der Waals surface area contributed by atoms with E-state index in [1.54, 1.807) is 13.2 Å². The molecular weight excluding hydrogens is 513 g/mol. The van der Waals surface area contributed by atoms with Gasteiger partial charge in [0.2, 0.25) is 5.91 Å². The van der Waals surface area contributed by atoms with Crippen molar-refractivity contribution >= 4 is 41.5 Å². The van der Waals surface area contributed by atoms with E-state index < -0.39 is 13.0 Å². The predicted molar refractivity (Wildman–Crippen MR) is 156 cm³/mol. The minimum Gasteiger partial charge on any atom is -0.494 e. The second-order valence-corrected chi connectivity index (χ2v) is 14.3. The van der Waals surface area contributed by atoms with Crippen LogP contribution in [0.15, 0.2) is 48.5 Å². The fraction of sp³-hybridized carbons (Fsp3) is 0.379. The van der Waals surface area contributed by atoms with Gasteiger partial charge in [-0.05, 0) is 24.5 Å². The molecule has 0 spiro atoms. The van der Waals surface area contributed by atoms with Crippen LogP contribution in [0.3, 0.4) is 0 Å². The van der Waals surface area contributed by atoms with Crippen LogP contribution in [0.5, 0.6) is 5.75 Å². The van der Waals surface area contributed by atoms with Crippen LogP contribution in [0.1, 0.15) is 51.0 Å². The molecule has 10 heteroatoms. The lowest BCUT2D eigenvalue weighted by atomic mass is 10.0. The van der Waals surface area contributed by atoms with Gasteiger partial charge in [0.15, 0.2) is 11.5 Å². The third kappa shape index (κ3) is 5.83. The van der Waals surface area contributed by atoms with Gasteiger partial charge in [-0.25, -0.2) is 0 Å². The molecule has 3 N–H and O–H groups in total. The third-order valence-corrected chi connectivity index (χ3v) is 11.2. The molecule has 4 rings (SSSR count). The summed E-state index contributed by atoms with van der Waals surface area (Å²) >= 11 is 0. The van der Waals surface area contributed by atoms with E-state index in [2.05, 4.69) is 26.1 Å². The van der Waals surface area contributed by atoms with Crippen LogP contribution in [-0.4, -0.2) is 47.5 Å². The normalized spacial score (nSPS) is 13.3. The summed E-state index contributed by atoms with van der Waals surface area (Å²) in [5, 5.41) is 17.6. The second-order valence-electron chi connectivity index (χ2n) is 10.3. The Balaban J connectivity index is 1.70. The van der Waals surface area contributed by atoms with E-state index in [0.717, 1.165) is 29.3 Å². The van der Waals surface area contributed by atoms with Crippen molar-refractivity contribution in [1.82, 2.24) is 15.5 Å². The molecule has 0 bridgehead atoms. The van der Waals surface area contributed by atoms with Crippen molar-refractivity contribution in [3.8, 4) is 16.9 Å². The van der Waals surface area contributed by atoms with Crippen LogP contribution >= 0.6 is 7.14 Å². The van der Waals surface area contributed by atoms with Gasteiger partial charge in [0.25, 0.3) is 5.91 Å². The molecule has 1 aliphatic rings. The number of aromatic nitrogens is 2. The van der Waals surface area contributed by atoms with Crippen molar-refractivity contribution in [1.29, 1.82) is 0 Å². The van der Waals surface area contributed by atoms with Gasteiger partial charge in [-0.3, -0.25) is 9.59 Å². The number of amides is 2. The molecule has 0 radical (unpaired) electrons. The molecule has 206 valence electrons. The number of rotatable bonds is 10. The molecular formula is C29H36N5O4P. The van der Waals surface area contributed by atoms with Crippen molar-refractivity contribution in [3.63, 3.8) is 0 Å². The van der Waals surface area contributed by atoms with Gasteiger partial charge in [-0.1, -0.05) is 64.1 Å². The highest BCUT2D eigenvalue weighted by Gasteiger charge is 2.32. The lowest BCUT2D eigenvalue weighted by Gasteiger charge is -2.26.